The summed E-state index contributed by atoms with van der Waals surface area (Å²) < 4.78 is 24.1. The molecule has 2 saturated heterocycles. The van der Waals surface area contributed by atoms with E-state index >= 15 is 4.79 Å². The van der Waals surface area contributed by atoms with E-state index in [1.807, 2.05) is 37.1 Å². The number of ether oxygens (including phenoxy) is 4. The van der Waals surface area contributed by atoms with Crippen molar-refractivity contribution >= 4 is 28.5 Å². The summed E-state index contributed by atoms with van der Waals surface area (Å²) in [6.45, 7) is 13.7. The highest BCUT2D eigenvalue weighted by Crippen LogP contribution is 2.68. The number of nitrogens with one attached hydrogen (secondary N) is 1. The molecule has 5 unspecified atom stereocenters. The molecule has 59 heavy (non-hydrogen) atoms. The summed E-state index contributed by atoms with van der Waals surface area (Å²) in [5, 5.41) is 26.2. The van der Waals surface area contributed by atoms with Gasteiger partial charge in [0.1, 0.15) is 17.3 Å². The Morgan fingerprint density at radius 2 is 1.69 bits per heavy atom. The van der Waals surface area contributed by atoms with Crippen LogP contribution in [0.3, 0.4) is 0 Å². The van der Waals surface area contributed by atoms with Crippen LogP contribution in [0.2, 0.25) is 0 Å². The van der Waals surface area contributed by atoms with E-state index in [0.717, 1.165) is 59.6 Å². The lowest BCUT2D eigenvalue weighted by atomic mass is 9.47. The Kier molecular flexibility index (Phi) is 10.4. The number of likely N-dealkylation sites (N-methyl/N-ethyl adjacent to an activating group) is 1. The second kappa shape index (κ2) is 14.8. The molecule has 1 spiro atoms. The van der Waals surface area contributed by atoms with Crippen molar-refractivity contribution in [1.82, 2.24) is 14.8 Å². The predicted octanol–water partition coefficient (Wildman–Crippen LogP) is 4.88. The number of aromatic amines is 1. The smallest absolute Gasteiger partial charge is 0.342 e. The fourth-order valence-corrected chi connectivity index (χ4v) is 13.5. The second-order valence-corrected chi connectivity index (χ2v) is 17.8. The van der Waals surface area contributed by atoms with Crippen LogP contribution in [0.4, 0.5) is 5.69 Å². The van der Waals surface area contributed by atoms with Gasteiger partial charge in [-0.2, -0.15) is 0 Å². The van der Waals surface area contributed by atoms with Crippen molar-refractivity contribution in [3.8, 4) is 5.75 Å². The maximum Gasteiger partial charge on any atom is 0.342 e. The number of methoxy groups -OCH3 is 4. The number of benzene rings is 2. The number of aromatic nitrogens is 1. The molecule has 0 amide bonds. The maximum absolute atomic E-state index is 15.3. The summed E-state index contributed by atoms with van der Waals surface area (Å²) >= 11 is 0. The Labute approximate surface area is 348 Å². The van der Waals surface area contributed by atoms with Crippen LogP contribution < -0.4 is 9.64 Å². The number of esters is 2. The zero-order chi connectivity index (χ0) is 42.3. The molecule has 2 aromatic carbocycles. The number of H-pyrrole nitrogens is 1. The van der Waals surface area contributed by atoms with Gasteiger partial charge in [-0.15, -0.1) is 13.2 Å². The normalized spacial score (nSPS) is 36.8. The third-order valence-corrected chi connectivity index (χ3v) is 15.6. The van der Waals surface area contributed by atoms with Crippen LogP contribution in [0.5, 0.6) is 5.75 Å². The van der Waals surface area contributed by atoms with Crippen LogP contribution in [0.15, 0.2) is 61.7 Å². The third kappa shape index (κ3) is 5.38. The van der Waals surface area contributed by atoms with E-state index in [9.17, 15) is 15.0 Å². The molecule has 12 heteroatoms. The van der Waals surface area contributed by atoms with E-state index in [4.69, 9.17) is 18.9 Å². The fourth-order valence-electron chi connectivity index (χ4n) is 13.5. The molecule has 5 aliphatic heterocycles. The molecule has 3 fully saturated rings. The molecule has 6 heterocycles. The lowest BCUT2D eigenvalue weighted by Crippen LogP contribution is -2.81. The molecule has 3 aromatic rings. The Balaban J connectivity index is 0.00000238. The molecule has 9 rings (SSSR count). The highest BCUT2D eigenvalue weighted by molar-refractivity contribution is 5.95. The third-order valence-electron chi connectivity index (χ3n) is 15.6. The van der Waals surface area contributed by atoms with E-state index < -0.39 is 51.5 Å². The Morgan fingerprint density at radius 1 is 0.949 bits per heavy atom. The number of rotatable bonds is 7. The van der Waals surface area contributed by atoms with E-state index in [2.05, 4.69) is 65.2 Å². The number of fused-ring (bicyclic) bond motifs is 6. The molecular formula is C47H62N4O8. The standard InChI is InChI=1S/C45H58N4O8.C2H4/c1-8-41(52)23-27-24-44(39(50)56-6,35-29(15-19-48(25-27)26-41)28-13-10-11-14-32(28)46-35)31-21-30-33(22-34(31)54-4)47(3)37-43(30)17-20-49-18-12-16-42(9-2,36(43)49)38(55-5)45(37,53)40(51)57-7;1-2/h10-14,16,21-22,27,36-38,46,52-53H,8-9,15,17-20,23-26H2,1-7H3;1-2H2/t27?,36?,37?,38-,41+,42-,43?,44-,45+;/m1./s1. The number of para-hydroxylation sites is 1. The van der Waals surface area contributed by atoms with Crippen LogP contribution in [0.1, 0.15) is 68.3 Å². The number of carbonyl (C=O) groups is 2. The fraction of sp³-hybridized carbons (Fsp3) is 0.574. The zero-order valence-corrected chi connectivity index (χ0v) is 35.8. The minimum absolute atomic E-state index is 0.0635. The van der Waals surface area contributed by atoms with Gasteiger partial charge in [-0.25, -0.2) is 4.79 Å². The molecule has 3 N–H and O–H groups in total. The van der Waals surface area contributed by atoms with Crippen molar-refractivity contribution in [2.24, 2.45) is 11.3 Å². The lowest BCUT2D eigenvalue weighted by Gasteiger charge is -2.63. The number of hydrogen-bond acceptors (Lipinski definition) is 11. The van der Waals surface area contributed by atoms with Crippen LogP contribution in [-0.2, 0) is 41.1 Å². The van der Waals surface area contributed by atoms with Gasteiger partial charge in [0.05, 0.1) is 33.0 Å². The second-order valence-electron chi connectivity index (χ2n) is 17.8. The number of hydrogen-bond donors (Lipinski definition) is 3. The summed E-state index contributed by atoms with van der Waals surface area (Å²) in [4.78, 5) is 40.2. The first-order valence-electron chi connectivity index (χ1n) is 21.2. The SMILES string of the molecule is C=C.CC[C@]1(O)CC2CN(CCc3c([nH]c4ccccc34)[C@](C(=O)OC)(c3cc4c(cc3OC)N(C)C3C45CCN4CC=C[C@](CC)(C45)[C@@H](OC)[C@]3(O)C(=O)OC)C2)C1. The summed E-state index contributed by atoms with van der Waals surface area (Å²) in [5.41, 5.74) is -0.635. The summed E-state index contributed by atoms with van der Waals surface area (Å²) in [7, 11) is 7.93. The number of anilines is 1. The topological polar surface area (TPSA) is 137 Å². The van der Waals surface area contributed by atoms with E-state index in [0.29, 0.717) is 56.4 Å². The summed E-state index contributed by atoms with van der Waals surface area (Å²) in [5.74, 6) is -0.692. The molecule has 6 aliphatic rings. The van der Waals surface area contributed by atoms with Crippen molar-refractivity contribution in [2.45, 2.75) is 92.6 Å². The Morgan fingerprint density at radius 3 is 2.37 bits per heavy atom. The first kappa shape index (κ1) is 41.5. The van der Waals surface area contributed by atoms with Crippen molar-refractivity contribution in [3.05, 3.63) is 84.1 Å². The number of carbonyl (C=O) groups excluding carboxylic acids is 2. The maximum atomic E-state index is 15.3. The minimum Gasteiger partial charge on any atom is -0.496 e. The minimum atomic E-state index is -2.06. The number of nitrogens with zero attached hydrogens (tertiary/aromatic N) is 3. The molecule has 12 nitrogen and oxygen atoms in total. The van der Waals surface area contributed by atoms with Gasteiger partial charge >= 0.3 is 11.9 Å². The van der Waals surface area contributed by atoms with Gasteiger partial charge in [-0.05, 0) is 74.2 Å². The lowest BCUT2D eigenvalue weighted by molar-refractivity contribution is -0.225. The van der Waals surface area contributed by atoms with Crippen LogP contribution in [-0.4, -0.2) is 135 Å². The molecule has 0 radical (unpaired) electrons. The summed E-state index contributed by atoms with van der Waals surface area (Å²) in [6.07, 6.45) is 6.88. The van der Waals surface area contributed by atoms with Crippen molar-refractivity contribution in [2.75, 3.05) is 73.1 Å². The van der Waals surface area contributed by atoms with Crippen molar-refractivity contribution in [1.29, 1.82) is 0 Å². The molecule has 318 valence electrons. The largest absolute Gasteiger partial charge is 0.496 e. The van der Waals surface area contributed by atoms with Crippen molar-refractivity contribution < 1.29 is 38.7 Å². The first-order chi connectivity index (χ1) is 28.4. The van der Waals surface area contributed by atoms with E-state index in [-0.39, 0.29) is 12.0 Å². The first-order valence-corrected chi connectivity index (χ1v) is 21.2. The van der Waals surface area contributed by atoms with E-state index in [1.165, 1.54) is 14.2 Å². The van der Waals surface area contributed by atoms with Gasteiger partial charge in [-0.1, -0.05) is 44.2 Å². The average molecular weight is 811 g/mol. The van der Waals surface area contributed by atoms with Gasteiger partial charge in [-0.3, -0.25) is 14.6 Å². The molecule has 1 aliphatic carbocycles. The molecule has 10 atom stereocenters. The van der Waals surface area contributed by atoms with Gasteiger partial charge < -0.3 is 39.0 Å². The number of aliphatic hydroxyl groups is 2. The van der Waals surface area contributed by atoms with Crippen molar-refractivity contribution in [3.63, 3.8) is 0 Å². The summed E-state index contributed by atoms with van der Waals surface area (Å²) in [6, 6.07) is 11.5. The molecular weight excluding hydrogens is 749 g/mol. The molecule has 1 saturated carbocycles. The van der Waals surface area contributed by atoms with Crippen LogP contribution >= 0.6 is 0 Å². The predicted molar refractivity (Wildman–Crippen MR) is 227 cm³/mol. The van der Waals surface area contributed by atoms with Gasteiger partial charge in [0.2, 0.25) is 5.60 Å². The molecule has 1 aromatic heterocycles. The Hall–Kier alpha value is -4.20. The molecule has 2 bridgehead atoms. The van der Waals surface area contributed by atoms with Gasteiger partial charge in [0.25, 0.3) is 0 Å². The zero-order valence-electron chi connectivity index (χ0n) is 35.8. The highest BCUT2D eigenvalue weighted by atomic mass is 16.6. The monoisotopic (exact) mass is 810 g/mol. The van der Waals surface area contributed by atoms with Gasteiger partial charge in [0, 0.05) is 91.1 Å². The van der Waals surface area contributed by atoms with Crippen LogP contribution in [0, 0.1) is 11.3 Å². The highest BCUT2D eigenvalue weighted by Gasteiger charge is 2.79. The van der Waals surface area contributed by atoms with Gasteiger partial charge in [0.15, 0.2) is 0 Å². The Bertz CT molecular complexity index is 2170. The number of piperidine rings is 1. The van der Waals surface area contributed by atoms with Crippen LogP contribution in [0.25, 0.3) is 10.9 Å². The van der Waals surface area contributed by atoms with E-state index in [1.54, 1.807) is 14.2 Å². The average Bonchev–Trinajstić information content (AvgIpc) is 3.92. The quantitative estimate of drug-likeness (QED) is 0.223.